The molecule has 0 atom stereocenters. The fourth-order valence-corrected chi connectivity index (χ4v) is 4.39. The normalized spacial score (nSPS) is 11.9. The molecule has 0 saturated carbocycles. The van der Waals surface area contributed by atoms with Gasteiger partial charge >= 0.3 is 6.18 Å². The molecule has 0 radical (unpaired) electrons. The molecule has 0 heterocycles. The number of hydrogen-bond acceptors (Lipinski definition) is 6. The Labute approximate surface area is 207 Å². The van der Waals surface area contributed by atoms with Crippen LogP contribution in [0.15, 0.2) is 59.5 Å². The molecule has 1 N–H and O–H groups in total. The predicted octanol–water partition coefficient (Wildman–Crippen LogP) is 5.71. The maximum absolute atomic E-state index is 12.8. The van der Waals surface area contributed by atoms with Crippen LogP contribution in [0.25, 0.3) is 12.2 Å². The number of anilines is 1. The quantitative estimate of drug-likeness (QED) is 0.362. The van der Waals surface area contributed by atoms with Gasteiger partial charge in [-0.25, -0.2) is 8.42 Å². The zero-order chi connectivity index (χ0) is 26.5. The Bertz CT molecular complexity index is 1330. The van der Waals surface area contributed by atoms with Gasteiger partial charge in [0.25, 0.3) is 10.0 Å². The lowest BCUT2D eigenvalue weighted by Crippen LogP contribution is -2.14. The van der Waals surface area contributed by atoms with Crippen molar-refractivity contribution >= 4 is 27.9 Å². The SMILES string of the molecule is COc1ccc(/C=C\c2cc(OC)c(OC)c(OC)c2)cc1NS(=O)(=O)c1ccc(C(F)(F)F)cc1. The molecule has 0 aliphatic heterocycles. The first-order valence-corrected chi connectivity index (χ1v) is 11.9. The Kier molecular flexibility index (Phi) is 8.03. The van der Waals surface area contributed by atoms with Crippen LogP contribution < -0.4 is 23.7 Å². The molecule has 0 unspecified atom stereocenters. The number of alkyl halides is 3. The Hall–Kier alpha value is -3.86. The Balaban J connectivity index is 1.91. The number of halogens is 3. The largest absolute Gasteiger partial charge is 0.495 e. The van der Waals surface area contributed by atoms with E-state index in [1.165, 1.54) is 34.5 Å². The molecule has 7 nitrogen and oxygen atoms in total. The molecule has 0 aliphatic rings. The van der Waals surface area contributed by atoms with E-state index in [1.54, 1.807) is 36.4 Å². The molecular formula is C25H24F3NO6S. The highest BCUT2D eigenvalue weighted by molar-refractivity contribution is 7.92. The van der Waals surface area contributed by atoms with Gasteiger partial charge in [0.15, 0.2) is 11.5 Å². The van der Waals surface area contributed by atoms with Crippen LogP contribution in [0, 0.1) is 0 Å². The fraction of sp³-hybridized carbons (Fsp3) is 0.200. The number of methoxy groups -OCH3 is 4. The summed E-state index contributed by atoms with van der Waals surface area (Å²) in [5.41, 5.74) is 0.518. The van der Waals surface area contributed by atoms with Gasteiger partial charge in [-0.1, -0.05) is 18.2 Å². The highest BCUT2D eigenvalue weighted by Crippen LogP contribution is 2.39. The van der Waals surface area contributed by atoms with Crippen LogP contribution in [-0.4, -0.2) is 36.9 Å². The summed E-state index contributed by atoms with van der Waals surface area (Å²) in [6, 6.07) is 11.5. The van der Waals surface area contributed by atoms with Gasteiger partial charge in [0.1, 0.15) is 5.75 Å². The number of rotatable bonds is 9. The van der Waals surface area contributed by atoms with E-state index in [4.69, 9.17) is 18.9 Å². The minimum absolute atomic E-state index is 0.115. The number of nitrogens with one attached hydrogen (secondary N) is 1. The van der Waals surface area contributed by atoms with E-state index >= 15 is 0 Å². The molecule has 192 valence electrons. The Morgan fingerprint density at radius 3 is 1.78 bits per heavy atom. The zero-order valence-corrected chi connectivity index (χ0v) is 20.7. The van der Waals surface area contributed by atoms with Gasteiger partial charge in [-0.3, -0.25) is 4.72 Å². The van der Waals surface area contributed by atoms with Crippen LogP contribution >= 0.6 is 0 Å². The van der Waals surface area contributed by atoms with Gasteiger partial charge in [0.05, 0.1) is 44.6 Å². The molecular weight excluding hydrogens is 499 g/mol. The van der Waals surface area contributed by atoms with Crippen LogP contribution in [-0.2, 0) is 16.2 Å². The molecule has 3 aromatic carbocycles. The van der Waals surface area contributed by atoms with Crippen LogP contribution in [0.2, 0.25) is 0 Å². The van der Waals surface area contributed by atoms with Crippen molar-refractivity contribution in [3.05, 3.63) is 71.3 Å². The van der Waals surface area contributed by atoms with Crippen molar-refractivity contribution in [1.29, 1.82) is 0 Å². The molecule has 0 fully saturated rings. The smallest absolute Gasteiger partial charge is 0.416 e. The van der Waals surface area contributed by atoms with Gasteiger partial charge in [0, 0.05) is 0 Å². The van der Waals surface area contributed by atoms with Crippen molar-refractivity contribution in [1.82, 2.24) is 0 Å². The second kappa shape index (κ2) is 10.8. The van der Waals surface area contributed by atoms with Gasteiger partial charge in [-0.15, -0.1) is 0 Å². The zero-order valence-electron chi connectivity index (χ0n) is 19.8. The lowest BCUT2D eigenvalue weighted by atomic mass is 10.1. The van der Waals surface area contributed by atoms with E-state index in [2.05, 4.69) is 4.72 Å². The van der Waals surface area contributed by atoms with E-state index < -0.39 is 21.8 Å². The molecule has 0 bridgehead atoms. The number of sulfonamides is 1. The molecule has 0 aliphatic carbocycles. The van der Waals surface area contributed by atoms with Gasteiger partial charge in [0.2, 0.25) is 5.75 Å². The molecule has 0 saturated heterocycles. The number of hydrogen-bond donors (Lipinski definition) is 1. The Morgan fingerprint density at radius 2 is 1.28 bits per heavy atom. The van der Waals surface area contributed by atoms with Crippen molar-refractivity contribution in [3.63, 3.8) is 0 Å². The number of benzene rings is 3. The standard InChI is InChI=1S/C25H24F3NO6S/c1-32-21-12-7-16(5-6-17-14-22(33-2)24(35-4)23(15-17)34-3)13-20(21)29-36(30,31)19-10-8-18(9-11-19)25(26,27)28/h5-15,29H,1-4H3/b6-5-. The van der Waals surface area contributed by atoms with Crippen molar-refractivity contribution in [2.45, 2.75) is 11.1 Å². The summed E-state index contributed by atoms with van der Waals surface area (Å²) in [6.45, 7) is 0. The highest BCUT2D eigenvalue weighted by Gasteiger charge is 2.30. The average Bonchev–Trinajstić information content (AvgIpc) is 2.86. The molecule has 0 spiro atoms. The van der Waals surface area contributed by atoms with Crippen molar-refractivity contribution in [3.8, 4) is 23.0 Å². The van der Waals surface area contributed by atoms with Gasteiger partial charge in [-0.2, -0.15) is 13.2 Å². The van der Waals surface area contributed by atoms with Crippen LogP contribution in [0.3, 0.4) is 0 Å². The van der Waals surface area contributed by atoms with Crippen LogP contribution in [0.4, 0.5) is 18.9 Å². The summed E-state index contributed by atoms with van der Waals surface area (Å²) < 4.78 is 87.7. The second-order valence-corrected chi connectivity index (χ2v) is 9.06. The maximum atomic E-state index is 12.8. The summed E-state index contributed by atoms with van der Waals surface area (Å²) in [6.07, 6.45) is -1.08. The second-order valence-electron chi connectivity index (χ2n) is 7.38. The molecule has 11 heteroatoms. The van der Waals surface area contributed by atoms with Crippen LogP contribution in [0.1, 0.15) is 16.7 Å². The molecule has 36 heavy (non-hydrogen) atoms. The van der Waals surface area contributed by atoms with E-state index in [9.17, 15) is 21.6 Å². The van der Waals surface area contributed by atoms with E-state index in [1.807, 2.05) is 0 Å². The van der Waals surface area contributed by atoms with Gasteiger partial charge in [-0.05, 0) is 59.7 Å². The first-order valence-electron chi connectivity index (χ1n) is 10.4. The summed E-state index contributed by atoms with van der Waals surface area (Å²) >= 11 is 0. The molecule has 3 rings (SSSR count). The molecule has 0 amide bonds. The topological polar surface area (TPSA) is 83.1 Å². The average molecular weight is 524 g/mol. The lowest BCUT2D eigenvalue weighted by molar-refractivity contribution is -0.137. The minimum Gasteiger partial charge on any atom is -0.495 e. The summed E-state index contributed by atoms with van der Waals surface area (Å²) in [5, 5.41) is 0. The summed E-state index contributed by atoms with van der Waals surface area (Å²) in [7, 11) is 1.69. The first kappa shape index (κ1) is 26.7. The first-order chi connectivity index (χ1) is 17.0. The predicted molar refractivity (Wildman–Crippen MR) is 130 cm³/mol. The lowest BCUT2D eigenvalue weighted by Gasteiger charge is -2.14. The fourth-order valence-electron chi connectivity index (χ4n) is 3.33. The third-order valence-corrected chi connectivity index (χ3v) is 6.50. The van der Waals surface area contributed by atoms with Crippen molar-refractivity contribution < 1.29 is 40.5 Å². The Morgan fingerprint density at radius 1 is 0.722 bits per heavy atom. The third-order valence-electron chi connectivity index (χ3n) is 5.12. The highest BCUT2D eigenvalue weighted by atomic mass is 32.2. The van der Waals surface area contributed by atoms with E-state index in [-0.39, 0.29) is 16.3 Å². The van der Waals surface area contributed by atoms with Crippen molar-refractivity contribution in [2.24, 2.45) is 0 Å². The van der Waals surface area contributed by atoms with E-state index in [0.29, 0.717) is 34.9 Å². The van der Waals surface area contributed by atoms with Crippen molar-refractivity contribution in [2.75, 3.05) is 33.2 Å². The summed E-state index contributed by atoms with van der Waals surface area (Å²) in [5.74, 6) is 1.62. The van der Waals surface area contributed by atoms with Crippen LogP contribution in [0.5, 0.6) is 23.0 Å². The van der Waals surface area contributed by atoms with E-state index in [0.717, 1.165) is 17.7 Å². The monoisotopic (exact) mass is 523 g/mol. The molecule has 3 aromatic rings. The third kappa shape index (κ3) is 6.03. The number of ether oxygens (including phenoxy) is 4. The maximum Gasteiger partial charge on any atom is 0.416 e. The minimum atomic E-state index is -4.57. The summed E-state index contributed by atoms with van der Waals surface area (Å²) in [4.78, 5) is -0.323. The van der Waals surface area contributed by atoms with Gasteiger partial charge < -0.3 is 18.9 Å². The molecule has 0 aromatic heterocycles.